The lowest BCUT2D eigenvalue weighted by Gasteiger charge is -2.26. The first-order valence-electron chi connectivity index (χ1n) is 11.9. The molecule has 4 rings (SSSR count). The van der Waals surface area contributed by atoms with Crippen LogP contribution in [0.4, 0.5) is 21.0 Å². The molecule has 0 radical (unpaired) electrons. The van der Waals surface area contributed by atoms with E-state index >= 15 is 0 Å². The second-order valence-electron chi connectivity index (χ2n) is 8.83. The van der Waals surface area contributed by atoms with Gasteiger partial charge in [-0.2, -0.15) is 0 Å². The fourth-order valence-electron chi connectivity index (χ4n) is 4.14. The second-order valence-corrected chi connectivity index (χ2v) is 9.80. The van der Waals surface area contributed by atoms with Crippen molar-refractivity contribution in [3.63, 3.8) is 0 Å². The molecule has 1 fully saturated rings. The number of carbonyl (C=O) groups excluding carboxylic acids is 3. The van der Waals surface area contributed by atoms with Crippen LogP contribution in [0.25, 0.3) is 0 Å². The lowest BCUT2D eigenvalue weighted by atomic mass is 10.1. The van der Waals surface area contributed by atoms with E-state index in [1.807, 2.05) is 0 Å². The number of hydrogen-bond donors (Lipinski definition) is 3. The van der Waals surface area contributed by atoms with E-state index in [0.717, 1.165) is 37.0 Å². The van der Waals surface area contributed by atoms with Crippen molar-refractivity contribution in [3.05, 3.63) is 64.8 Å². The Morgan fingerprint density at radius 2 is 1.78 bits per heavy atom. The summed E-state index contributed by atoms with van der Waals surface area (Å²) in [5.41, 5.74) is 12.4. The maximum absolute atomic E-state index is 13.5. The van der Waals surface area contributed by atoms with E-state index in [4.69, 9.17) is 16.2 Å². The molecule has 0 bridgehead atoms. The number of anilines is 3. The summed E-state index contributed by atoms with van der Waals surface area (Å²) in [6.45, 7) is 1.48. The maximum atomic E-state index is 13.5. The van der Waals surface area contributed by atoms with E-state index in [1.165, 1.54) is 29.2 Å². The molecular weight excluding hydrogens is 497 g/mol. The first kappa shape index (κ1) is 26.1. The number of benzene rings is 2. The van der Waals surface area contributed by atoms with Gasteiger partial charge in [0.25, 0.3) is 5.91 Å². The van der Waals surface area contributed by atoms with Gasteiger partial charge in [-0.25, -0.2) is 9.37 Å². The van der Waals surface area contributed by atoms with Crippen LogP contribution in [-0.4, -0.2) is 41.3 Å². The van der Waals surface area contributed by atoms with E-state index in [0.29, 0.717) is 17.0 Å². The molecule has 1 aliphatic carbocycles. The highest BCUT2D eigenvalue weighted by molar-refractivity contribution is 7.18. The summed E-state index contributed by atoms with van der Waals surface area (Å²) in [4.78, 5) is 43.2. The van der Waals surface area contributed by atoms with Crippen molar-refractivity contribution in [2.24, 2.45) is 5.73 Å². The maximum Gasteiger partial charge on any atom is 0.258 e. The number of nitrogen functional groups attached to an aromatic ring is 1. The molecule has 9 nitrogen and oxygen atoms in total. The van der Waals surface area contributed by atoms with Gasteiger partial charge in [-0.15, -0.1) is 0 Å². The number of ketones is 1. The lowest BCUT2D eigenvalue weighted by molar-refractivity contribution is -0.123. The molecule has 3 aromatic rings. The molecule has 2 amide bonds. The number of halogens is 1. The molecule has 11 heteroatoms. The van der Waals surface area contributed by atoms with Crippen LogP contribution in [0, 0.1) is 5.82 Å². The Balaban J connectivity index is 1.47. The molecule has 0 saturated heterocycles. The van der Waals surface area contributed by atoms with Gasteiger partial charge in [-0.05, 0) is 68.3 Å². The van der Waals surface area contributed by atoms with Crippen molar-refractivity contribution in [3.8, 4) is 5.75 Å². The smallest absolute Gasteiger partial charge is 0.258 e. The Morgan fingerprint density at radius 1 is 1.14 bits per heavy atom. The number of nitrogens with one attached hydrogen (secondary N) is 1. The highest BCUT2D eigenvalue weighted by atomic mass is 32.1. The van der Waals surface area contributed by atoms with Gasteiger partial charge in [-0.1, -0.05) is 24.2 Å². The topological polar surface area (TPSA) is 141 Å². The fraction of sp³-hybridized carbons (Fsp3) is 0.308. The quantitative estimate of drug-likeness (QED) is 0.344. The van der Waals surface area contributed by atoms with Crippen LogP contribution in [0.1, 0.15) is 47.8 Å². The third kappa shape index (κ3) is 6.23. The Bertz CT molecular complexity index is 1270. The molecule has 5 N–H and O–H groups in total. The highest BCUT2D eigenvalue weighted by Crippen LogP contribution is 2.36. The molecule has 1 aliphatic rings. The van der Waals surface area contributed by atoms with Crippen LogP contribution in [0.3, 0.4) is 0 Å². The Hall–Kier alpha value is -3.99. The summed E-state index contributed by atoms with van der Waals surface area (Å²) >= 11 is 1.00. The van der Waals surface area contributed by atoms with Crippen LogP contribution in [0.2, 0.25) is 0 Å². The summed E-state index contributed by atoms with van der Waals surface area (Å²) in [5.74, 6) is -1.15. The number of ether oxygens (including phenoxy) is 1. The number of nitrogens with zero attached hydrogens (tertiary/aromatic N) is 2. The van der Waals surface area contributed by atoms with Crippen molar-refractivity contribution in [1.82, 2.24) is 10.3 Å². The van der Waals surface area contributed by atoms with Crippen LogP contribution in [-0.2, 0) is 9.59 Å². The SMILES string of the molecule is CC(C(N)=O)N(c1ccc(F)cc1)c1nc(N)c(C(=O)c2ccc(OCC(=O)NC3CCCC3)cc2)s1. The molecule has 37 heavy (non-hydrogen) atoms. The molecule has 194 valence electrons. The van der Waals surface area contributed by atoms with E-state index in [2.05, 4.69) is 10.3 Å². The Morgan fingerprint density at radius 3 is 2.41 bits per heavy atom. The molecule has 1 unspecified atom stereocenters. The van der Waals surface area contributed by atoms with Gasteiger partial charge in [0, 0.05) is 17.3 Å². The third-order valence-corrected chi connectivity index (χ3v) is 7.23. The summed E-state index contributed by atoms with van der Waals surface area (Å²) in [5, 5.41) is 3.23. The van der Waals surface area contributed by atoms with Crippen molar-refractivity contribution < 1.29 is 23.5 Å². The number of carbonyl (C=O) groups is 3. The summed E-state index contributed by atoms with van der Waals surface area (Å²) in [6.07, 6.45) is 4.24. The van der Waals surface area contributed by atoms with Crippen molar-refractivity contribution >= 4 is 45.6 Å². The van der Waals surface area contributed by atoms with Gasteiger partial charge in [0.15, 0.2) is 11.7 Å². The van der Waals surface area contributed by atoms with Crippen molar-refractivity contribution in [2.75, 3.05) is 17.2 Å². The average molecular weight is 526 g/mol. The van der Waals surface area contributed by atoms with Gasteiger partial charge in [0.2, 0.25) is 11.7 Å². The van der Waals surface area contributed by atoms with Gasteiger partial charge < -0.3 is 26.4 Å². The van der Waals surface area contributed by atoms with Crippen molar-refractivity contribution in [1.29, 1.82) is 0 Å². The van der Waals surface area contributed by atoms with E-state index < -0.39 is 17.8 Å². The first-order chi connectivity index (χ1) is 17.7. The van der Waals surface area contributed by atoms with Crippen LogP contribution < -0.4 is 26.4 Å². The lowest BCUT2D eigenvalue weighted by Crippen LogP contribution is -2.39. The van der Waals surface area contributed by atoms with E-state index in [9.17, 15) is 18.8 Å². The molecule has 0 spiro atoms. The number of hydrogen-bond acceptors (Lipinski definition) is 8. The van der Waals surface area contributed by atoms with Gasteiger partial charge in [-0.3, -0.25) is 14.4 Å². The van der Waals surface area contributed by atoms with Gasteiger partial charge >= 0.3 is 0 Å². The van der Waals surface area contributed by atoms with E-state index in [-0.39, 0.29) is 40.2 Å². The summed E-state index contributed by atoms with van der Waals surface area (Å²) in [7, 11) is 0. The molecule has 0 aliphatic heterocycles. The number of thiazole rings is 1. The number of aromatic nitrogens is 1. The molecule has 2 aromatic carbocycles. The zero-order chi connectivity index (χ0) is 26.5. The molecule has 1 saturated carbocycles. The summed E-state index contributed by atoms with van der Waals surface area (Å²) < 4.78 is 19.0. The predicted molar refractivity (Wildman–Crippen MR) is 139 cm³/mol. The number of nitrogens with two attached hydrogens (primary N) is 2. The van der Waals surface area contributed by atoms with E-state index in [1.54, 1.807) is 31.2 Å². The van der Waals surface area contributed by atoms with Crippen LogP contribution in [0.15, 0.2) is 48.5 Å². The molecule has 1 heterocycles. The number of rotatable bonds is 10. The minimum atomic E-state index is -0.832. The highest BCUT2D eigenvalue weighted by Gasteiger charge is 2.27. The molecule has 1 atom stereocenters. The Kier molecular flexibility index (Phi) is 8.02. The first-order valence-corrected chi connectivity index (χ1v) is 12.7. The van der Waals surface area contributed by atoms with Gasteiger partial charge in [0.1, 0.15) is 28.3 Å². The van der Waals surface area contributed by atoms with Gasteiger partial charge in [0.05, 0.1) is 0 Å². The Labute approximate surface area is 217 Å². The fourth-order valence-corrected chi connectivity index (χ4v) is 5.19. The third-order valence-electron chi connectivity index (χ3n) is 6.16. The minimum Gasteiger partial charge on any atom is -0.484 e. The standard InChI is InChI=1S/C26H28FN5O4S/c1-15(25(29)35)32(19-10-8-17(27)9-11-19)26-31-24(28)23(37-26)22(34)16-6-12-20(13-7-16)36-14-21(33)30-18-4-2-3-5-18/h6-13,15,18H,2-5,14,28H2,1H3,(H2,29,35)(H,30,33). The molecular formula is C26H28FN5O4S. The predicted octanol–water partition coefficient (Wildman–Crippen LogP) is 3.54. The summed E-state index contributed by atoms with van der Waals surface area (Å²) in [6, 6.07) is 11.2. The normalized spacial score (nSPS) is 14.2. The largest absolute Gasteiger partial charge is 0.484 e. The zero-order valence-electron chi connectivity index (χ0n) is 20.3. The average Bonchev–Trinajstić information content (AvgIpc) is 3.53. The second kappa shape index (κ2) is 11.4. The monoisotopic (exact) mass is 525 g/mol. The van der Waals surface area contributed by atoms with Crippen LogP contribution >= 0.6 is 11.3 Å². The van der Waals surface area contributed by atoms with Crippen LogP contribution in [0.5, 0.6) is 5.75 Å². The molecule has 1 aromatic heterocycles. The van der Waals surface area contributed by atoms with Crippen molar-refractivity contribution in [2.45, 2.75) is 44.7 Å². The zero-order valence-corrected chi connectivity index (χ0v) is 21.1. The number of amides is 2. The number of primary amides is 1. The minimum absolute atomic E-state index is 0.00214.